The van der Waals surface area contributed by atoms with E-state index in [1.165, 1.54) is 4.90 Å². The first-order chi connectivity index (χ1) is 9.95. The highest BCUT2D eigenvalue weighted by Gasteiger charge is 2.23. The topological polar surface area (TPSA) is 80.0 Å². The van der Waals surface area contributed by atoms with Crippen LogP contribution in [0, 0.1) is 12.8 Å². The molecule has 0 radical (unpaired) electrons. The van der Waals surface area contributed by atoms with Crippen molar-refractivity contribution >= 4 is 11.9 Å². The zero-order valence-corrected chi connectivity index (χ0v) is 12.8. The molecule has 21 heavy (non-hydrogen) atoms. The van der Waals surface area contributed by atoms with Crippen LogP contribution < -0.4 is 0 Å². The molecule has 1 N–H and O–H groups in total. The van der Waals surface area contributed by atoms with Gasteiger partial charge in [-0.15, -0.1) is 0 Å². The number of nitrogens with zero attached hydrogens (tertiary/aromatic N) is 1. The first-order valence-corrected chi connectivity index (χ1v) is 7.12. The first kappa shape index (κ1) is 17.2. The first-order valence-electron chi connectivity index (χ1n) is 7.12. The van der Waals surface area contributed by atoms with Gasteiger partial charge in [0.05, 0.1) is 5.92 Å². The van der Waals surface area contributed by atoms with E-state index in [2.05, 4.69) is 0 Å². The van der Waals surface area contributed by atoms with E-state index >= 15 is 0 Å². The lowest BCUT2D eigenvalue weighted by Crippen LogP contribution is -2.37. The van der Waals surface area contributed by atoms with Crippen molar-refractivity contribution in [1.29, 1.82) is 0 Å². The van der Waals surface area contributed by atoms with E-state index in [9.17, 15) is 9.59 Å². The number of carbonyl (C=O) groups excluding carboxylic acids is 1. The molecule has 6 heteroatoms. The minimum absolute atomic E-state index is 0.153. The summed E-state index contributed by atoms with van der Waals surface area (Å²) in [4.78, 5) is 24.9. The Labute approximate surface area is 124 Å². The second kappa shape index (κ2) is 8.46. The van der Waals surface area contributed by atoms with Crippen LogP contribution in [0.2, 0.25) is 0 Å². The number of ether oxygens (including phenoxy) is 1. The zero-order valence-electron chi connectivity index (χ0n) is 12.8. The van der Waals surface area contributed by atoms with Gasteiger partial charge in [-0.2, -0.15) is 0 Å². The number of carboxylic acids is 1. The largest absolute Gasteiger partial charge is 0.481 e. The number of hydrogen-bond acceptors (Lipinski definition) is 4. The number of furan rings is 1. The van der Waals surface area contributed by atoms with E-state index in [0.29, 0.717) is 31.9 Å². The molecule has 1 unspecified atom stereocenters. The Balaban J connectivity index is 2.70. The van der Waals surface area contributed by atoms with Gasteiger partial charge in [-0.3, -0.25) is 9.59 Å². The van der Waals surface area contributed by atoms with Gasteiger partial charge >= 0.3 is 5.97 Å². The molecule has 0 saturated heterocycles. The van der Waals surface area contributed by atoms with Crippen LogP contribution in [0.1, 0.15) is 36.6 Å². The molecule has 0 aromatic carbocycles. The molecule has 1 aromatic heterocycles. The molecule has 0 fully saturated rings. The number of aliphatic carboxylic acids is 1. The van der Waals surface area contributed by atoms with Gasteiger partial charge in [-0.05, 0) is 32.4 Å². The fourth-order valence-electron chi connectivity index (χ4n) is 1.89. The SMILES string of the molecule is CCOCCCN(CC(C)C(=O)O)C(=O)c1ccc(C)o1. The molecule has 0 aliphatic carbocycles. The highest BCUT2D eigenvalue weighted by molar-refractivity contribution is 5.91. The molecule has 118 valence electrons. The molecule has 0 bridgehead atoms. The smallest absolute Gasteiger partial charge is 0.308 e. The molecule has 0 aliphatic rings. The van der Waals surface area contributed by atoms with Crippen molar-refractivity contribution in [2.24, 2.45) is 5.92 Å². The molecule has 0 spiro atoms. The van der Waals surface area contributed by atoms with Crippen LogP contribution in [0.4, 0.5) is 0 Å². The third kappa shape index (κ3) is 5.59. The van der Waals surface area contributed by atoms with E-state index in [4.69, 9.17) is 14.3 Å². The van der Waals surface area contributed by atoms with Crippen LogP contribution in [-0.4, -0.2) is 48.2 Å². The lowest BCUT2D eigenvalue weighted by atomic mass is 10.1. The highest BCUT2D eigenvalue weighted by Crippen LogP contribution is 2.12. The molecule has 1 rings (SSSR count). The minimum Gasteiger partial charge on any atom is -0.481 e. The molecule has 6 nitrogen and oxygen atoms in total. The maximum Gasteiger partial charge on any atom is 0.308 e. The molecule has 0 aliphatic heterocycles. The Kier molecular flexibility index (Phi) is 6.94. The Morgan fingerprint density at radius 1 is 1.43 bits per heavy atom. The Bertz CT molecular complexity index is 468. The maximum atomic E-state index is 12.4. The predicted octanol–water partition coefficient (Wildman–Crippen LogP) is 2.18. The monoisotopic (exact) mass is 297 g/mol. The van der Waals surface area contributed by atoms with Gasteiger partial charge in [0.2, 0.25) is 0 Å². The summed E-state index contributed by atoms with van der Waals surface area (Å²) in [7, 11) is 0. The molecule has 1 atom stereocenters. The van der Waals surface area contributed by atoms with E-state index < -0.39 is 11.9 Å². The normalized spacial score (nSPS) is 12.1. The summed E-state index contributed by atoms with van der Waals surface area (Å²) in [6.07, 6.45) is 0.658. The van der Waals surface area contributed by atoms with Gasteiger partial charge in [0.15, 0.2) is 5.76 Å². The summed E-state index contributed by atoms with van der Waals surface area (Å²) in [5.41, 5.74) is 0. The van der Waals surface area contributed by atoms with Crippen LogP contribution in [0.25, 0.3) is 0 Å². The third-order valence-electron chi connectivity index (χ3n) is 3.08. The van der Waals surface area contributed by atoms with E-state index in [0.717, 1.165) is 0 Å². The van der Waals surface area contributed by atoms with Crippen molar-refractivity contribution in [2.75, 3.05) is 26.3 Å². The fourth-order valence-corrected chi connectivity index (χ4v) is 1.89. The predicted molar refractivity (Wildman–Crippen MR) is 77.3 cm³/mol. The van der Waals surface area contributed by atoms with Crippen molar-refractivity contribution in [2.45, 2.75) is 27.2 Å². The zero-order chi connectivity index (χ0) is 15.8. The highest BCUT2D eigenvalue weighted by atomic mass is 16.5. The molecule has 0 saturated carbocycles. The minimum atomic E-state index is -0.923. The summed E-state index contributed by atoms with van der Waals surface area (Å²) < 4.78 is 10.6. The second-order valence-corrected chi connectivity index (χ2v) is 4.95. The molecule has 1 aromatic rings. The van der Waals surface area contributed by atoms with Crippen LogP contribution in [0.3, 0.4) is 0 Å². The number of carbonyl (C=O) groups is 2. The second-order valence-electron chi connectivity index (χ2n) is 4.95. The van der Waals surface area contributed by atoms with Crippen molar-refractivity contribution in [1.82, 2.24) is 4.90 Å². The molecule has 1 amide bonds. The molecule has 1 heterocycles. The number of aryl methyl sites for hydroxylation is 1. The fraction of sp³-hybridized carbons (Fsp3) is 0.600. The van der Waals surface area contributed by atoms with Crippen molar-refractivity contribution in [3.63, 3.8) is 0 Å². The average molecular weight is 297 g/mol. The van der Waals surface area contributed by atoms with E-state index in [1.54, 1.807) is 26.0 Å². The van der Waals surface area contributed by atoms with Crippen LogP contribution in [0.15, 0.2) is 16.5 Å². The number of carboxylic acid groups (broad SMARTS) is 1. The summed E-state index contributed by atoms with van der Waals surface area (Å²) in [6, 6.07) is 3.32. The van der Waals surface area contributed by atoms with E-state index in [1.807, 2.05) is 6.92 Å². The van der Waals surface area contributed by atoms with Gasteiger partial charge in [-0.25, -0.2) is 0 Å². The summed E-state index contributed by atoms with van der Waals surface area (Å²) >= 11 is 0. The van der Waals surface area contributed by atoms with Crippen LogP contribution in [0.5, 0.6) is 0 Å². The quantitative estimate of drug-likeness (QED) is 0.707. The lowest BCUT2D eigenvalue weighted by molar-refractivity contribution is -0.141. The lowest BCUT2D eigenvalue weighted by Gasteiger charge is -2.23. The Morgan fingerprint density at radius 2 is 2.14 bits per heavy atom. The third-order valence-corrected chi connectivity index (χ3v) is 3.08. The number of amides is 1. The maximum absolute atomic E-state index is 12.4. The standard InChI is InChI=1S/C15H23NO5/c1-4-20-9-5-8-16(10-11(2)15(18)19)14(17)13-7-6-12(3)21-13/h6-7,11H,4-5,8-10H2,1-3H3,(H,18,19). The Hall–Kier alpha value is -1.82. The van der Waals surface area contributed by atoms with Crippen molar-refractivity contribution in [3.05, 3.63) is 23.7 Å². The summed E-state index contributed by atoms with van der Waals surface area (Å²) in [5, 5.41) is 9.01. The van der Waals surface area contributed by atoms with E-state index in [-0.39, 0.29) is 18.2 Å². The number of rotatable bonds is 9. The van der Waals surface area contributed by atoms with Gasteiger partial charge < -0.3 is 19.2 Å². The van der Waals surface area contributed by atoms with Gasteiger partial charge in [0.1, 0.15) is 5.76 Å². The van der Waals surface area contributed by atoms with Crippen molar-refractivity contribution < 1.29 is 23.8 Å². The van der Waals surface area contributed by atoms with Gasteiger partial charge in [-0.1, -0.05) is 6.92 Å². The van der Waals surface area contributed by atoms with Crippen LogP contribution >= 0.6 is 0 Å². The Morgan fingerprint density at radius 3 is 2.67 bits per heavy atom. The van der Waals surface area contributed by atoms with Gasteiger partial charge in [0, 0.05) is 26.3 Å². The summed E-state index contributed by atoms with van der Waals surface area (Å²) in [5.74, 6) is -0.946. The molecular formula is C15H23NO5. The average Bonchev–Trinajstić information content (AvgIpc) is 2.87. The number of hydrogen-bond donors (Lipinski definition) is 1. The summed E-state index contributed by atoms with van der Waals surface area (Å²) in [6.45, 7) is 7.00. The van der Waals surface area contributed by atoms with Gasteiger partial charge in [0.25, 0.3) is 5.91 Å². The van der Waals surface area contributed by atoms with Crippen LogP contribution in [-0.2, 0) is 9.53 Å². The van der Waals surface area contributed by atoms with Crippen molar-refractivity contribution in [3.8, 4) is 0 Å². The molecular weight excluding hydrogens is 274 g/mol.